The largest absolute Gasteiger partial charge is 0.251 e. The summed E-state index contributed by atoms with van der Waals surface area (Å²) in [5.74, 6) is -0.0280. The van der Waals surface area contributed by atoms with Crippen LogP contribution < -0.4 is 0 Å². The average Bonchev–Trinajstić information content (AvgIpc) is 2.68. The molecule has 2 aromatic rings. The predicted octanol–water partition coefficient (Wildman–Crippen LogP) is 2.64. The van der Waals surface area contributed by atoms with E-state index < -0.39 is 10.8 Å². The molecule has 0 N–H and O–H groups in total. The summed E-state index contributed by atoms with van der Waals surface area (Å²) in [5, 5.41) is 0.104. The van der Waals surface area contributed by atoms with E-state index in [1.165, 1.54) is 12.1 Å². The first-order valence-electron chi connectivity index (χ1n) is 4.27. The van der Waals surface area contributed by atoms with E-state index >= 15 is 0 Å². The first-order valence-corrected chi connectivity index (χ1v) is 6.74. The Labute approximate surface area is 103 Å². The summed E-state index contributed by atoms with van der Waals surface area (Å²) in [4.78, 5) is 3.82. The van der Waals surface area contributed by atoms with Crippen LogP contribution in [0.3, 0.4) is 0 Å². The predicted molar refractivity (Wildman–Crippen MR) is 61.4 cm³/mol. The van der Waals surface area contributed by atoms with Gasteiger partial charge in [-0.2, -0.15) is 9.36 Å². The van der Waals surface area contributed by atoms with Crippen LogP contribution in [0.1, 0.15) is 5.56 Å². The van der Waals surface area contributed by atoms with Crippen molar-refractivity contribution >= 4 is 33.9 Å². The zero-order valence-electron chi connectivity index (χ0n) is 7.89. The van der Waals surface area contributed by atoms with Crippen molar-refractivity contribution in [1.82, 2.24) is 9.36 Å². The highest BCUT2D eigenvalue weighted by molar-refractivity contribution is 7.86. The Morgan fingerprint density at radius 1 is 1.38 bits per heavy atom. The van der Waals surface area contributed by atoms with Crippen molar-refractivity contribution in [1.29, 1.82) is 0 Å². The second-order valence-electron chi connectivity index (χ2n) is 2.95. The van der Waals surface area contributed by atoms with Crippen molar-refractivity contribution in [2.45, 2.75) is 10.1 Å². The van der Waals surface area contributed by atoms with Gasteiger partial charge in [-0.1, -0.05) is 12.1 Å². The maximum atomic E-state index is 12.6. The van der Waals surface area contributed by atoms with E-state index in [4.69, 9.17) is 11.6 Å². The monoisotopic (exact) mass is 276 g/mol. The third-order valence-corrected chi connectivity index (χ3v) is 4.43. The van der Waals surface area contributed by atoms with E-state index in [0.717, 1.165) is 17.1 Å². The molecule has 1 aromatic carbocycles. The molecule has 1 heterocycles. The smallest absolute Gasteiger partial charge is 0.235 e. The lowest BCUT2D eigenvalue weighted by atomic mass is 10.2. The molecule has 2 rings (SSSR count). The number of aromatic nitrogens is 2. The van der Waals surface area contributed by atoms with Crippen LogP contribution in [-0.4, -0.2) is 13.6 Å². The van der Waals surface area contributed by atoms with Gasteiger partial charge in [-0.25, -0.2) is 4.39 Å². The highest BCUT2D eigenvalue weighted by Crippen LogP contribution is 2.16. The van der Waals surface area contributed by atoms with Gasteiger partial charge >= 0.3 is 0 Å². The summed E-state index contributed by atoms with van der Waals surface area (Å²) in [5.41, 5.74) is 0.783. The fourth-order valence-electron chi connectivity index (χ4n) is 1.08. The fraction of sp³-hybridized carbons (Fsp3) is 0.111. The Balaban J connectivity index is 2.10. The first-order chi connectivity index (χ1) is 7.65. The van der Waals surface area contributed by atoms with Crippen LogP contribution >= 0.6 is 23.1 Å². The maximum absolute atomic E-state index is 12.6. The van der Waals surface area contributed by atoms with Crippen molar-refractivity contribution in [3.05, 3.63) is 40.9 Å². The molecule has 0 unspecified atom stereocenters. The highest BCUT2D eigenvalue weighted by atomic mass is 35.5. The summed E-state index contributed by atoms with van der Waals surface area (Å²) in [6.45, 7) is 0. The number of nitrogens with zero attached hydrogens (tertiary/aromatic N) is 2. The molecule has 3 nitrogen and oxygen atoms in total. The topological polar surface area (TPSA) is 42.9 Å². The van der Waals surface area contributed by atoms with Crippen molar-refractivity contribution in [3.8, 4) is 0 Å². The molecule has 0 bridgehead atoms. The molecule has 0 aliphatic carbocycles. The third kappa shape index (κ3) is 2.84. The highest BCUT2D eigenvalue weighted by Gasteiger charge is 2.10. The van der Waals surface area contributed by atoms with Gasteiger partial charge in [-0.15, -0.1) is 0 Å². The minimum absolute atomic E-state index is 0.104. The summed E-state index contributed by atoms with van der Waals surface area (Å²) in [6, 6.07) is 5.85. The van der Waals surface area contributed by atoms with Crippen LogP contribution in [-0.2, 0) is 16.6 Å². The van der Waals surface area contributed by atoms with Gasteiger partial charge in [0.1, 0.15) is 5.82 Å². The molecule has 0 spiro atoms. The SMILES string of the molecule is O=[S@](Cc1ccc(F)cc1)c1nc(Cl)ns1. The molecule has 0 radical (unpaired) electrons. The first kappa shape index (κ1) is 11.6. The quantitative estimate of drug-likeness (QED) is 0.865. The molecule has 1 atom stereocenters. The third-order valence-electron chi connectivity index (χ3n) is 1.79. The number of hydrogen-bond acceptors (Lipinski definition) is 4. The molecule has 16 heavy (non-hydrogen) atoms. The van der Waals surface area contributed by atoms with Crippen LogP contribution in [0.5, 0.6) is 0 Å². The van der Waals surface area contributed by atoms with Crippen molar-refractivity contribution in [3.63, 3.8) is 0 Å². The van der Waals surface area contributed by atoms with Gasteiger partial charge in [0.05, 0.1) is 16.6 Å². The minimum atomic E-state index is -1.28. The van der Waals surface area contributed by atoms with E-state index in [9.17, 15) is 8.60 Å². The molecule has 7 heteroatoms. The van der Waals surface area contributed by atoms with Gasteiger partial charge in [-0.05, 0) is 40.8 Å². The van der Waals surface area contributed by atoms with E-state index in [1.807, 2.05) is 0 Å². The number of halogens is 2. The molecule has 0 fully saturated rings. The number of hydrogen-bond donors (Lipinski definition) is 0. The Bertz CT molecular complexity index is 514. The van der Waals surface area contributed by atoms with E-state index in [2.05, 4.69) is 9.36 Å². The Morgan fingerprint density at radius 2 is 2.06 bits per heavy atom. The van der Waals surface area contributed by atoms with Crippen molar-refractivity contribution in [2.75, 3.05) is 0 Å². The van der Waals surface area contributed by atoms with Gasteiger partial charge in [0.15, 0.2) is 0 Å². The molecule has 0 aliphatic heterocycles. The Morgan fingerprint density at radius 3 is 2.62 bits per heavy atom. The van der Waals surface area contributed by atoms with Crippen LogP contribution in [0.2, 0.25) is 5.28 Å². The standard InChI is InChI=1S/C9H6ClFN2OS2/c10-8-12-9(15-13-8)16(14)5-6-1-3-7(11)4-2-6/h1-4H,5H2/t16-/m1/s1. The van der Waals surface area contributed by atoms with E-state index in [1.54, 1.807) is 12.1 Å². The van der Waals surface area contributed by atoms with E-state index in [0.29, 0.717) is 4.34 Å². The average molecular weight is 277 g/mol. The van der Waals surface area contributed by atoms with Crippen LogP contribution in [0.15, 0.2) is 28.6 Å². The van der Waals surface area contributed by atoms with Gasteiger partial charge in [0, 0.05) is 0 Å². The van der Waals surface area contributed by atoms with Gasteiger partial charge in [-0.3, -0.25) is 4.21 Å². The zero-order valence-corrected chi connectivity index (χ0v) is 10.3. The molecule has 0 amide bonds. The lowest BCUT2D eigenvalue weighted by Gasteiger charge is -1.98. The van der Waals surface area contributed by atoms with E-state index in [-0.39, 0.29) is 16.9 Å². The Hall–Kier alpha value is -0.850. The number of rotatable bonds is 3. The van der Waals surface area contributed by atoms with Gasteiger partial charge in [0.2, 0.25) is 9.62 Å². The van der Waals surface area contributed by atoms with Crippen LogP contribution in [0.25, 0.3) is 0 Å². The number of benzene rings is 1. The zero-order chi connectivity index (χ0) is 11.5. The second-order valence-corrected chi connectivity index (χ2v) is 5.66. The van der Waals surface area contributed by atoms with Gasteiger partial charge in [0.25, 0.3) is 0 Å². The molecular weight excluding hydrogens is 271 g/mol. The molecule has 0 saturated heterocycles. The van der Waals surface area contributed by atoms with Crippen molar-refractivity contribution in [2.24, 2.45) is 0 Å². The molecule has 0 aliphatic rings. The fourth-order valence-corrected chi connectivity index (χ4v) is 3.12. The van der Waals surface area contributed by atoms with Crippen LogP contribution in [0, 0.1) is 5.82 Å². The maximum Gasteiger partial charge on any atom is 0.235 e. The molecular formula is C9H6ClFN2OS2. The molecule has 84 valence electrons. The summed E-state index contributed by atoms with van der Waals surface area (Å²) in [6.07, 6.45) is 0. The lowest BCUT2D eigenvalue weighted by Crippen LogP contribution is -1.95. The summed E-state index contributed by atoms with van der Waals surface area (Å²) >= 11 is 6.55. The van der Waals surface area contributed by atoms with Crippen LogP contribution in [0.4, 0.5) is 4.39 Å². The summed E-state index contributed by atoms with van der Waals surface area (Å²) in [7, 11) is -1.28. The van der Waals surface area contributed by atoms with Crippen molar-refractivity contribution < 1.29 is 8.60 Å². The Kier molecular flexibility index (Phi) is 3.63. The normalized spacial score (nSPS) is 12.6. The molecule has 0 saturated carbocycles. The lowest BCUT2D eigenvalue weighted by molar-refractivity contribution is 0.627. The van der Waals surface area contributed by atoms with Gasteiger partial charge < -0.3 is 0 Å². The molecule has 1 aromatic heterocycles. The minimum Gasteiger partial charge on any atom is -0.251 e. The second kappa shape index (κ2) is 4.99. The summed E-state index contributed by atoms with van der Waals surface area (Å²) < 4.78 is 28.5.